The molecular weight excluding hydrogens is 314 g/mol. The van der Waals surface area contributed by atoms with E-state index < -0.39 is 0 Å². The zero-order valence-electron chi connectivity index (χ0n) is 15.2. The first-order valence-corrected chi connectivity index (χ1v) is 9.24. The van der Waals surface area contributed by atoms with Gasteiger partial charge in [-0.25, -0.2) is 9.67 Å². The van der Waals surface area contributed by atoms with Crippen molar-refractivity contribution in [3.63, 3.8) is 0 Å². The van der Waals surface area contributed by atoms with Crippen molar-refractivity contribution in [1.82, 2.24) is 19.7 Å². The third-order valence-corrected chi connectivity index (χ3v) is 5.22. The van der Waals surface area contributed by atoms with E-state index in [1.54, 1.807) is 0 Å². The molecule has 6 nitrogen and oxygen atoms in total. The molecule has 2 aliphatic heterocycles. The van der Waals surface area contributed by atoms with Crippen molar-refractivity contribution >= 4 is 5.82 Å². The van der Waals surface area contributed by atoms with Crippen molar-refractivity contribution in [2.45, 2.75) is 20.3 Å². The summed E-state index contributed by atoms with van der Waals surface area (Å²) in [6.45, 7) is 11.4. The summed E-state index contributed by atoms with van der Waals surface area (Å²) in [6.07, 6.45) is 3.15. The van der Waals surface area contributed by atoms with Crippen LogP contribution in [-0.2, 0) is 4.74 Å². The lowest BCUT2D eigenvalue weighted by atomic mass is 10.1. The van der Waals surface area contributed by atoms with Crippen LogP contribution in [0.15, 0.2) is 24.4 Å². The molecule has 0 bridgehead atoms. The van der Waals surface area contributed by atoms with Gasteiger partial charge in [0.1, 0.15) is 5.82 Å². The van der Waals surface area contributed by atoms with Gasteiger partial charge in [-0.05, 0) is 44.4 Å². The van der Waals surface area contributed by atoms with Crippen LogP contribution < -0.4 is 4.90 Å². The van der Waals surface area contributed by atoms with Gasteiger partial charge in [0.05, 0.1) is 24.2 Å². The SMILES string of the molecule is Cc1cc(C)n(-c2ccc(N3CCN(CC4CCOC4)CC3)nc2)n1. The molecule has 0 N–H and O–H groups in total. The van der Waals surface area contributed by atoms with E-state index in [1.165, 1.54) is 13.0 Å². The number of anilines is 1. The Hall–Kier alpha value is -1.92. The summed E-state index contributed by atoms with van der Waals surface area (Å²) in [4.78, 5) is 9.64. The van der Waals surface area contributed by atoms with Gasteiger partial charge in [0.25, 0.3) is 0 Å². The number of ether oxygens (including phenoxy) is 1. The number of rotatable bonds is 4. The number of hydrogen-bond acceptors (Lipinski definition) is 5. The molecule has 0 saturated carbocycles. The third-order valence-electron chi connectivity index (χ3n) is 5.22. The maximum Gasteiger partial charge on any atom is 0.128 e. The normalized spacial score (nSPS) is 21.8. The minimum Gasteiger partial charge on any atom is -0.381 e. The molecule has 6 heteroatoms. The molecule has 1 unspecified atom stereocenters. The van der Waals surface area contributed by atoms with Gasteiger partial charge in [0.15, 0.2) is 0 Å². The van der Waals surface area contributed by atoms with Crippen molar-refractivity contribution in [1.29, 1.82) is 0 Å². The highest BCUT2D eigenvalue weighted by Crippen LogP contribution is 2.19. The fraction of sp³-hybridized carbons (Fsp3) is 0.579. The van der Waals surface area contributed by atoms with E-state index in [0.717, 1.165) is 68.2 Å². The highest BCUT2D eigenvalue weighted by molar-refractivity contribution is 5.44. The molecular formula is C19H27N5O. The summed E-state index contributed by atoms with van der Waals surface area (Å²) in [5.74, 6) is 1.79. The molecule has 0 radical (unpaired) electrons. The zero-order chi connectivity index (χ0) is 17.2. The Labute approximate surface area is 149 Å². The highest BCUT2D eigenvalue weighted by Gasteiger charge is 2.23. The first-order chi connectivity index (χ1) is 12.2. The molecule has 0 aromatic carbocycles. The van der Waals surface area contributed by atoms with Crippen molar-refractivity contribution in [3.05, 3.63) is 35.8 Å². The van der Waals surface area contributed by atoms with Crippen LogP contribution in [0.25, 0.3) is 5.69 Å². The number of nitrogens with zero attached hydrogens (tertiary/aromatic N) is 5. The predicted octanol–water partition coefficient (Wildman–Crippen LogP) is 2.04. The molecule has 134 valence electrons. The lowest BCUT2D eigenvalue weighted by Gasteiger charge is -2.36. The third kappa shape index (κ3) is 3.70. The average molecular weight is 341 g/mol. The van der Waals surface area contributed by atoms with Gasteiger partial charge in [-0.2, -0.15) is 5.10 Å². The second-order valence-electron chi connectivity index (χ2n) is 7.23. The minimum absolute atomic E-state index is 0.727. The van der Waals surface area contributed by atoms with Gasteiger partial charge in [0, 0.05) is 45.0 Å². The fourth-order valence-electron chi connectivity index (χ4n) is 3.83. The van der Waals surface area contributed by atoms with E-state index in [1.807, 2.05) is 17.8 Å². The molecule has 4 heterocycles. The molecule has 0 aliphatic carbocycles. The van der Waals surface area contributed by atoms with Crippen LogP contribution in [0.5, 0.6) is 0 Å². The summed E-state index contributed by atoms with van der Waals surface area (Å²) < 4.78 is 7.44. The van der Waals surface area contributed by atoms with Gasteiger partial charge >= 0.3 is 0 Å². The van der Waals surface area contributed by atoms with Crippen molar-refractivity contribution < 1.29 is 4.74 Å². The Kier molecular flexibility index (Phi) is 4.72. The van der Waals surface area contributed by atoms with Crippen molar-refractivity contribution in [3.8, 4) is 5.69 Å². The van der Waals surface area contributed by atoms with Crippen LogP contribution >= 0.6 is 0 Å². The molecule has 2 saturated heterocycles. The molecule has 2 aliphatic rings. The lowest BCUT2D eigenvalue weighted by molar-refractivity contribution is 0.164. The van der Waals surface area contributed by atoms with E-state index in [-0.39, 0.29) is 0 Å². The smallest absolute Gasteiger partial charge is 0.128 e. The van der Waals surface area contributed by atoms with E-state index in [9.17, 15) is 0 Å². The van der Waals surface area contributed by atoms with E-state index >= 15 is 0 Å². The van der Waals surface area contributed by atoms with Crippen LogP contribution in [0.1, 0.15) is 17.8 Å². The summed E-state index contributed by atoms with van der Waals surface area (Å²) >= 11 is 0. The molecule has 0 spiro atoms. The van der Waals surface area contributed by atoms with Crippen molar-refractivity contribution in [2.24, 2.45) is 5.92 Å². The maximum absolute atomic E-state index is 5.49. The monoisotopic (exact) mass is 341 g/mol. The van der Waals surface area contributed by atoms with Crippen molar-refractivity contribution in [2.75, 3.05) is 50.8 Å². The predicted molar refractivity (Wildman–Crippen MR) is 98.4 cm³/mol. The van der Waals surface area contributed by atoms with E-state index in [4.69, 9.17) is 4.74 Å². The molecule has 25 heavy (non-hydrogen) atoms. The van der Waals surface area contributed by atoms with Crippen LogP contribution in [0.4, 0.5) is 5.82 Å². The summed E-state index contributed by atoms with van der Waals surface area (Å²) in [5.41, 5.74) is 3.19. The molecule has 2 aromatic heterocycles. The topological polar surface area (TPSA) is 46.4 Å². The Morgan fingerprint density at radius 1 is 1.16 bits per heavy atom. The van der Waals surface area contributed by atoms with Gasteiger partial charge in [-0.1, -0.05) is 0 Å². The molecule has 2 fully saturated rings. The van der Waals surface area contributed by atoms with Crippen LogP contribution in [-0.4, -0.2) is 65.6 Å². The van der Waals surface area contributed by atoms with Gasteiger partial charge in [-0.3, -0.25) is 4.90 Å². The standard InChI is InChI=1S/C19H27N5O/c1-15-11-16(2)24(21-15)18-3-4-19(20-12-18)23-8-6-22(7-9-23)13-17-5-10-25-14-17/h3-4,11-12,17H,5-10,13-14H2,1-2H3. The highest BCUT2D eigenvalue weighted by atomic mass is 16.5. The Balaban J connectivity index is 1.36. The Morgan fingerprint density at radius 3 is 2.60 bits per heavy atom. The number of aryl methyl sites for hydroxylation is 2. The Morgan fingerprint density at radius 2 is 2.00 bits per heavy atom. The van der Waals surface area contributed by atoms with Gasteiger partial charge < -0.3 is 9.64 Å². The molecule has 0 amide bonds. The van der Waals surface area contributed by atoms with E-state index in [0.29, 0.717) is 0 Å². The van der Waals surface area contributed by atoms with Gasteiger partial charge in [-0.15, -0.1) is 0 Å². The van der Waals surface area contributed by atoms with E-state index in [2.05, 4.69) is 45.0 Å². The number of piperazine rings is 1. The maximum atomic E-state index is 5.49. The lowest BCUT2D eigenvalue weighted by Crippen LogP contribution is -2.48. The Bertz CT molecular complexity index is 697. The average Bonchev–Trinajstić information content (AvgIpc) is 3.25. The van der Waals surface area contributed by atoms with Gasteiger partial charge in [0.2, 0.25) is 0 Å². The number of pyridine rings is 1. The summed E-state index contributed by atoms with van der Waals surface area (Å²) in [7, 11) is 0. The number of aromatic nitrogens is 3. The minimum atomic E-state index is 0.727. The first kappa shape index (κ1) is 16.5. The summed E-state index contributed by atoms with van der Waals surface area (Å²) in [5, 5.41) is 4.53. The largest absolute Gasteiger partial charge is 0.381 e. The fourth-order valence-corrected chi connectivity index (χ4v) is 3.83. The van der Waals surface area contributed by atoms with Crippen LogP contribution in [0.2, 0.25) is 0 Å². The zero-order valence-corrected chi connectivity index (χ0v) is 15.2. The molecule has 4 rings (SSSR count). The quantitative estimate of drug-likeness (QED) is 0.852. The van der Waals surface area contributed by atoms with Crippen LogP contribution in [0, 0.1) is 19.8 Å². The summed E-state index contributed by atoms with van der Waals surface area (Å²) in [6, 6.07) is 6.32. The number of hydrogen-bond donors (Lipinski definition) is 0. The molecule has 2 aromatic rings. The second-order valence-corrected chi connectivity index (χ2v) is 7.23. The van der Waals surface area contributed by atoms with Crippen LogP contribution in [0.3, 0.4) is 0 Å². The first-order valence-electron chi connectivity index (χ1n) is 9.24. The second kappa shape index (κ2) is 7.14. The molecule has 1 atom stereocenters.